The van der Waals surface area contributed by atoms with Crippen LogP contribution in [0.25, 0.3) is 11.5 Å². The molecule has 162 valence electrons. The van der Waals surface area contributed by atoms with Gasteiger partial charge >= 0.3 is 0 Å². The zero-order valence-corrected chi connectivity index (χ0v) is 17.9. The largest absolute Gasteiger partial charge is 0.419 e. The molecule has 5 heteroatoms. The summed E-state index contributed by atoms with van der Waals surface area (Å²) >= 11 is 0. The van der Waals surface area contributed by atoms with Gasteiger partial charge in [-0.05, 0) is 73.7 Å². The standard InChI is InChI=1S/C27H26FN3O/c28-24-13-11-22(12-14-24)25(27-30-29-26(32-27)23-9-5-2-6-10-23)31-17-15-21(16-18-31)19-20-7-3-1-4-8-20/h1-14,21,25H,15-19H2. The minimum Gasteiger partial charge on any atom is -0.419 e. The van der Waals surface area contributed by atoms with Crippen molar-refractivity contribution in [3.05, 3.63) is 108 Å². The van der Waals surface area contributed by atoms with Crippen LogP contribution in [-0.4, -0.2) is 28.2 Å². The zero-order chi connectivity index (χ0) is 21.8. The summed E-state index contributed by atoms with van der Waals surface area (Å²) in [7, 11) is 0. The third kappa shape index (κ3) is 4.63. The Morgan fingerprint density at radius 2 is 1.50 bits per heavy atom. The van der Waals surface area contributed by atoms with Crippen LogP contribution < -0.4 is 0 Å². The van der Waals surface area contributed by atoms with E-state index in [0.717, 1.165) is 43.5 Å². The Labute approximate surface area is 187 Å². The molecule has 1 aliphatic heterocycles. The Hall–Kier alpha value is -3.31. The number of benzene rings is 3. The maximum absolute atomic E-state index is 13.6. The summed E-state index contributed by atoms with van der Waals surface area (Å²) in [5.74, 6) is 1.47. The van der Waals surface area contributed by atoms with Crippen molar-refractivity contribution in [3.8, 4) is 11.5 Å². The van der Waals surface area contributed by atoms with Crippen molar-refractivity contribution in [2.24, 2.45) is 5.92 Å². The monoisotopic (exact) mass is 427 g/mol. The predicted molar refractivity (Wildman–Crippen MR) is 122 cm³/mol. The van der Waals surface area contributed by atoms with Crippen molar-refractivity contribution in [1.29, 1.82) is 0 Å². The van der Waals surface area contributed by atoms with E-state index in [-0.39, 0.29) is 11.9 Å². The van der Waals surface area contributed by atoms with Crippen LogP contribution >= 0.6 is 0 Å². The van der Waals surface area contributed by atoms with Crippen molar-refractivity contribution in [2.75, 3.05) is 13.1 Å². The Morgan fingerprint density at radius 1 is 0.844 bits per heavy atom. The molecule has 4 nitrogen and oxygen atoms in total. The fourth-order valence-electron chi connectivity index (χ4n) is 4.56. The summed E-state index contributed by atoms with van der Waals surface area (Å²) in [6, 6.07) is 26.9. The lowest BCUT2D eigenvalue weighted by Gasteiger charge is -2.36. The van der Waals surface area contributed by atoms with Crippen molar-refractivity contribution in [1.82, 2.24) is 15.1 Å². The Morgan fingerprint density at radius 3 is 2.19 bits per heavy atom. The van der Waals surface area contributed by atoms with E-state index in [1.54, 1.807) is 0 Å². The molecule has 32 heavy (non-hydrogen) atoms. The van der Waals surface area contributed by atoms with Crippen LogP contribution in [0.3, 0.4) is 0 Å². The first kappa shape index (κ1) is 20.6. The van der Waals surface area contributed by atoms with E-state index in [1.165, 1.54) is 17.7 Å². The van der Waals surface area contributed by atoms with Crippen LogP contribution in [0.15, 0.2) is 89.3 Å². The van der Waals surface area contributed by atoms with Gasteiger partial charge in [0.2, 0.25) is 11.8 Å². The van der Waals surface area contributed by atoms with Gasteiger partial charge in [0.05, 0.1) is 0 Å². The van der Waals surface area contributed by atoms with Crippen LogP contribution in [0.5, 0.6) is 0 Å². The van der Waals surface area contributed by atoms with Gasteiger partial charge in [0, 0.05) is 5.56 Å². The third-order valence-corrected chi connectivity index (χ3v) is 6.26. The van der Waals surface area contributed by atoms with E-state index < -0.39 is 0 Å². The number of hydrogen-bond donors (Lipinski definition) is 0. The van der Waals surface area contributed by atoms with Gasteiger partial charge in [-0.25, -0.2) is 4.39 Å². The predicted octanol–water partition coefficient (Wildman–Crippen LogP) is 5.92. The molecule has 5 rings (SSSR count). The van der Waals surface area contributed by atoms with Gasteiger partial charge in [-0.3, -0.25) is 4.90 Å². The highest BCUT2D eigenvalue weighted by molar-refractivity contribution is 5.51. The SMILES string of the molecule is Fc1ccc(C(c2nnc(-c3ccccc3)o2)N2CCC(Cc3ccccc3)CC2)cc1. The molecule has 1 saturated heterocycles. The van der Waals surface area contributed by atoms with Crippen LogP contribution in [0.1, 0.15) is 35.9 Å². The second-order valence-corrected chi connectivity index (χ2v) is 8.43. The summed E-state index contributed by atoms with van der Waals surface area (Å²) in [4.78, 5) is 2.39. The molecule has 0 spiro atoms. The molecule has 0 aliphatic carbocycles. The molecule has 4 aromatic rings. The fraction of sp³-hybridized carbons (Fsp3) is 0.259. The number of nitrogens with zero attached hydrogens (tertiary/aromatic N) is 3. The molecule has 1 unspecified atom stereocenters. The molecule has 0 bridgehead atoms. The molecule has 0 radical (unpaired) electrons. The third-order valence-electron chi connectivity index (χ3n) is 6.26. The number of hydrogen-bond acceptors (Lipinski definition) is 4. The normalized spacial score (nSPS) is 16.2. The lowest BCUT2D eigenvalue weighted by molar-refractivity contribution is 0.135. The Bertz CT molecular complexity index is 1120. The second-order valence-electron chi connectivity index (χ2n) is 8.43. The minimum atomic E-state index is -0.246. The molecular formula is C27H26FN3O. The first-order valence-corrected chi connectivity index (χ1v) is 11.2. The van der Waals surface area contributed by atoms with Crippen molar-refractivity contribution in [3.63, 3.8) is 0 Å². The molecule has 0 saturated carbocycles. The van der Waals surface area contributed by atoms with Gasteiger partial charge in [-0.2, -0.15) is 0 Å². The maximum atomic E-state index is 13.6. The Balaban J connectivity index is 1.37. The number of halogens is 1. The van der Waals surface area contributed by atoms with Gasteiger partial charge in [0.15, 0.2) is 0 Å². The van der Waals surface area contributed by atoms with E-state index >= 15 is 0 Å². The quantitative estimate of drug-likeness (QED) is 0.383. The minimum absolute atomic E-state index is 0.182. The molecule has 1 fully saturated rings. The van der Waals surface area contributed by atoms with Crippen LogP contribution in [0.2, 0.25) is 0 Å². The molecule has 0 N–H and O–H groups in total. The van der Waals surface area contributed by atoms with Gasteiger partial charge in [0.1, 0.15) is 11.9 Å². The maximum Gasteiger partial charge on any atom is 0.247 e. The summed E-state index contributed by atoms with van der Waals surface area (Å²) in [6.07, 6.45) is 3.31. The first-order valence-electron chi connectivity index (χ1n) is 11.2. The van der Waals surface area contributed by atoms with E-state index in [1.807, 2.05) is 42.5 Å². The number of aromatic nitrogens is 2. The molecule has 1 aromatic heterocycles. The zero-order valence-electron chi connectivity index (χ0n) is 17.9. The van der Waals surface area contributed by atoms with Gasteiger partial charge in [0.25, 0.3) is 0 Å². The highest BCUT2D eigenvalue weighted by atomic mass is 19.1. The summed E-state index contributed by atoms with van der Waals surface area (Å²) < 4.78 is 19.7. The van der Waals surface area contributed by atoms with Crippen LogP contribution in [0.4, 0.5) is 4.39 Å². The van der Waals surface area contributed by atoms with E-state index in [4.69, 9.17) is 4.42 Å². The van der Waals surface area contributed by atoms with E-state index in [0.29, 0.717) is 17.7 Å². The number of likely N-dealkylation sites (tertiary alicyclic amines) is 1. The van der Waals surface area contributed by atoms with Gasteiger partial charge < -0.3 is 4.42 Å². The molecule has 1 aliphatic rings. The fourth-order valence-corrected chi connectivity index (χ4v) is 4.56. The lowest BCUT2D eigenvalue weighted by Crippen LogP contribution is -2.38. The summed E-state index contributed by atoms with van der Waals surface area (Å²) in [6.45, 7) is 1.87. The molecule has 2 heterocycles. The molecule has 3 aromatic carbocycles. The van der Waals surface area contributed by atoms with Crippen molar-refractivity contribution in [2.45, 2.75) is 25.3 Å². The molecular weight excluding hydrogens is 401 g/mol. The lowest BCUT2D eigenvalue weighted by atomic mass is 9.89. The molecule has 1 atom stereocenters. The van der Waals surface area contributed by atoms with Gasteiger partial charge in [-0.15, -0.1) is 10.2 Å². The number of rotatable bonds is 6. The second kappa shape index (κ2) is 9.45. The highest BCUT2D eigenvalue weighted by Crippen LogP contribution is 2.34. The smallest absolute Gasteiger partial charge is 0.247 e. The van der Waals surface area contributed by atoms with E-state index in [9.17, 15) is 4.39 Å². The van der Waals surface area contributed by atoms with Crippen molar-refractivity contribution >= 4 is 0 Å². The van der Waals surface area contributed by atoms with Gasteiger partial charge in [-0.1, -0.05) is 60.7 Å². The summed E-state index contributed by atoms with van der Waals surface area (Å²) in [5, 5.41) is 8.70. The van der Waals surface area contributed by atoms with Crippen molar-refractivity contribution < 1.29 is 8.81 Å². The Kier molecular flexibility index (Phi) is 6.08. The van der Waals surface area contributed by atoms with Crippen LogP contribution in [-0.2, 0) is 6.42 Å². The first-order chi connectivity index (χ1) is 15.8. The highest BCUT2D eigenvalue weighted by Gasteiger charge is 2.31. The average molecular weight is 428 g/mol. The molecule has 0 amide bonds. The number of piperidine rings is 1. The van der Waals surface area contributed by atoms with E-state index in [2.05, 4.69) is 45.4 Å². The topological polar surface area (TPSA) is 42.2 Å². The van der Waals surface area contributed by atoms with Crippen LogP contribution in [0, 0.1) is 11.7 Å². The summed E-state index contributed by atoms with van der Waals surface area (Å²) in [5.41, 5.74) is 3.26. The average Bonchev–Trinajstić information content (AvgIpc) is 3.33.